The highest BCUT2D eigenvalue weighted by atomic mass is 35.5. The van der Waals surface area contributed by atoms with E-state index in [2.05, 4.69) is 10.2 Å². The number of nitrogens with one attached hydrogen (secondary N) is 1. The quantitative estimate of drug-likeness (QED) is 0.511. The lowest BCUT2D eigenvalue weighted by molar-refractivity contribution is -0.384. The van der Waals surface area contributed by atoms with Gasteiger partial charge in [-0.25, -0.2) is 4.39 Å². The molecule has 0 aromatic heterocycles. The zero-order valence-corrected chi connectivity index (χ0v) is 17.9. The molecule has 3 rings (SSSR count). The molecule has 0 spiro atoms. The Hall–Kier alpha value is -1.87. The smallest absolute Gasteiger partial charge is 0.271 e. The first-order valence-electron chi connectivity index (χ1n) is 9.69. The van der Waals surface area contributed by atoms with Gasteiger partial charge in [-0.15, -0.1) is 12.4 Å². The number of carbonyl (C=O) groups is 1. The normalized spacial score (nSPS) is 21.1. The van der Waals surface area contributed by atoms with E-state index in [0.717, 1.165) is 48.5 Å². The standard InChI is InChI=1S/C19H25FN4O3S.ClH/c1-2-23-15(12-28-19(23)21-13-6-4-3-5-7-13)11-18(25)22-17-10-14(24(26)27)8-9-16(17)20;/h8-10,13,15H,2-7,11-12H2,1H3,(H,22,25);1H/b21-19-;. The second-order valence-electron chi connectivity index (χ2n) is 7.13. The van der Waals surface area contributed by atoms with E-state index in [1.807, 2.05) is 6.92 Å². The number of rotatable bonds is 6. The molecule has 1 aliphatic carbocycles. The minimum atomic E-state index is -0.688. The molecule has 1 atom stereocenters. The molecule has 29 heavy (non-hydrogen) atoms. The summed E-state index contributed by atoms with van der Waals surface area (Å²) < 4.78 is 13.9. The zero-order chi connectivity index (χ0) is 20.1. The fourth-order valence-electron chi connectivity index (χ4n) is 3.68. The predicted molar refractivity (Wildman–Crippen MR) is 116 cm³/mol. The van der Waals surface area contributed by atoms with E-state index in [1.54, 1.807) is 11.8 Å². The van der Waals surface area contributed by atoms with Crippen molar-refractivity contribution in [3.05, 3.63) is 34.1 Å². The maximum atomic E-state index is 13.9. The third-order valence-electron chi connectivity index (χ3n) is 5.16. The van der Waals surface area contributed by atoms with Crippen molar-refractivity contribution in [2.75, 3.05) is 17.6 Å². The van der Waals surface area contributed by atoms with E-state index in [-0.39, 0.29) is 42.2 Å². The predicted octanol–water partition coefficient (Wildman–Crippen LogP) is 4.61. The largest absolute Gasteiger partial charge is 0.347 e. The number of nitrogens with zero attached hydrogens (tertiary/aromatic N) is 3. The number of non-ortho nitro benzene ring substituents is 1. The van der Waals surface area contributed by atoms with Crippen LogP contribution in [0.5, 0.6) is 0 Å². The molecule has 1 amide bonds. The molecular weight excluding hydrogens is 419 g/mol. The summed E-state index contributed by atoms with van der Waals surface area (Å²) >= 11 is 1.67. The van der Waals surface area contributed by atoms with Crippen LogP contribution in [0.25, 0.3) is 0 Å². The van der Waals surface area contributed by atoms with Gasteiger partial charge in [-0.2, -0.15) is 0 Å². The van der Waals surface area contributed by atoms with Crippen molar-refractivity contribution >= 4 is 46.6 Å². The Balaban J connectivity index is 0.00000300. The Morgan fingerprint density at radius 2 is 2.10 bits per heavy atom. The van der Waals surface area contributed by atoms with Crippen molar-refractivity contribution in [1.29, 1.82) is 0 Å². The Bertz CT molecular complexity index is 774. The number of halogens is 2. The minimum absolute atomic E-state index is 0. The number of anilines is 1. The molecule has 160 valence electrons. The highest BCUT2D eigenvalue weighted by molar-refractivity contribution is 8.14. The number of carbonyl (C=O) groups excluding carboxylic acids is 1. The number of nitro groups is 1. The van der Waals surface area contributed by atoms with Gasteiger partial charge in [0.15, 0.2) is 5.17 Å². The third kappa shape index (κ3) is 6.05. The van der Waals surface area contributed by atoms with Crippen LogP contribution >= 0.6 is 24.2 Å². The highest BCUT2D eigenvalue weighted by Gasteiger charge is 2.31. The van der Waals surface area contributed by atoms with Gasteiger partial charge in [0.2, 0.25) is 5.91 Å². The third-order valence-corrected chi connectivity index (χ3v) is 6.31. The number of aliphatic imine (C=N–C) groups is 1. The number of nitro benzene ring substituents is 1. The molecule has 10 heteroatoms. The van der Waals surface area contributed by atoms with Crippen LogP contribution in [0, 0.1) is 15.9 Å². The zero-order valence-electron chi connectivity index (χ0n) is 16.3. The van der Waals surface area contributed by atoms with Crippen LogP contribution in [0.4, 0.5) is 15.8 Å². The van der Waals surface area contributed by atoms with Crippen LogP contribution in [-0.2, 0) is 4.79 Å². The van der Waals surface area contributed by atoms with Gasteiger partial charge in [0.05, 0.1) is 16.7 Å². The first kappa shape index (κ1) is 23.4. The van der Waals surface area contributed by atoms with Crippen molar-refractivity contribution in [3.63, 3.8) is 0 Å². The molecule has 1 aromatic carbocycles. The summed E-state index contributed by atoms with van der Waals surface area (Å²) in [5.74, 6) is -0.293. The lowest BCUT2D eigenvalue weighted by Gasteiger charge is -2.26. The van der Waals surface area contributed by atoms with Crippen LogP contribution in [0.1, 0.15) is 45.4 Å². The van der Waals surface area contributed by atoms with Crippen LogP contribution in [0.3, 0.4) is 0 Å². The van der Waals surface area contributed by atoms with Crippen molar-refractivity contribution in [2.24, 2.45) is 4.99 Å². The van der Waals surface area contributed by atoms with Gasteiger partial charge in [0.1, 0.15) is 5.82 Å². The van der Waals surface area contributed by atoms with E-state index in [1.165, 1.54) is 19.3 Å². The average molecular weight is 445 g/mol. The molecule has 1 aliphatic heterocycles. The number of hydrogen-bond acceptors (Lipinski definition) is 5. The first-order valence-corrected chi connectivity index (χ1v) is 10.7. The Labute approximate surface area is 180 Å². The number of thioether (sulfide) groups is 1. The van der Waals surface area contributed by atoms with Crippen molar-refractivity contribution < 1.29 is 14.1 Å². The molecule has 0 radical (unpaired) electrons. The molecule has 1 N–H and O–H groups in total. The van der Waals surface area contributed by atoms with Gasteiger partial charge in [-0.3, -0.25) is 19.9 Å². The van der Waals surface area contributed by atoms with Gasteiger partial charge >= 0.3 is 0 Å². The molecule has 0 bridgehead atoms. The molecule has 1 saturated heterocycles. The summed E-state index contributed by atoms with van der Waals surface area (Å²) in [6, 6.07) is 3.47. The van der Waals surface area contributed by atoms with E-state index in [9.17, 15) is 19.3 Å². The maximum Gasteiger partial charge on any atom is 0.271 e. The van der Waals surface area contributed by atoms with E-state index < -0.39 is 10.7 Å². The number of amidine groups is 1. The minimum Gasteiger partial charge on any atom is -0.347 e. The second kappa shape index (κ2) is 10.8. The lowest BCUT2D eigenvalue weighted by atomic mass is 9.96. The van der Waals surface area contributed by atoms with Crippen LogP contribution < -0.4 is 5.32 Å². The lowest BCUT2D eigenvalue weighted by Crippen LogP contribution is -2.37. The molecule has 1 aromatic rings. The summed E-state index contributed by atoms with van der Waals surface area (Å²) in [6.45, 7) is 2.79. The molecule has 1 heterocycles. The van der Waals surface area contributed by atoms with Crippen molar-refractivity contribution in [2.45, 2.75) is 57.5 Å². The van der Waals surface area contributed by atoms with Crippen molar-refractivity contribution in [3.8, 4) is 0 Å². The monoisotopic (exact) mass is 444 g/mol. The van der Waals surface area contributed by atoms with Crippen molar-refractivity contribution in [1.82, 2.24) is 4.90 Å². The van der Waals surface area contributed by atoms with E-state index in [0.29, 0.717) is 6.04 Å². The number of hydrogen-bond donors (Lipinski definition) is 1. The fourth-order valence-corrected chi connectivity index (χ4v) is 4.98. The number of amides is 1. The molecule has 2 fully saturated rings. The average Bonchev–Trinajstić information content (AvgIpc) is 3.05. The Morgan fingerprint density at radius 1 is 1.38 bits per heavy atom. The summed E-state index contributed by atoms with van der Waals surface area (Å²) in [5, 5.41) is 14.3. The maximum absolute atomic E-state index is 13.9. The molecule has 7 nitrogen and oxygen atoms in total. The first-order chi connectivity index (χ1) is 13.5. The Kier molecular flexibility index (Phi) is 8.70. The fraction of sp³-hybridized carbons (Fsp3) is 0.579. The molecule has 1 unspecified atom stereocenters. The summed E-state index contributed by atoms with van der Waals surface area (Å²) in [7, 11) is 0. The topological polar surface area (TPSA) is 87.8 Å². The van der Waals surface area contributed by atoms with E-state index >= 15 is 0 Å². The van der Waals surface area contributed by atoms with Gasteiger partial charge < -0.3 is 10.2 Å². The summed E-state index contributed by atoms with van der Waals surface area (Å²) in [6.07, 6.45) is 6.16. The van der Waals surface area contributed by atoms with E-state index in [4.69, 9.17) is 4.99 Å². The SMILES string of the molecule is CCN1/C(=N/C2CCCCC2)SCC1CC(=O)Nc1cc([N+](=O)[O-])ccc1F.Cl. The Morgan fingerprint density at radius 3 is 2.76 bits per heavy atom. The van der Waals surface area contributed by atoms with Gasteiger partial charge in [0.25, 0.3) is 5.69 Å². The van der Waals surface area contributed by atoms with Gasteiger partial charge in [0, 0.05) is 36.9 Å². The van der Waals surface area contributed by atoms with Gasteiger partial charge in [-0.1, -0.05) is 31.0 Å². The van der Waals surface area contributed by atoms with Gasteiger partial charge in [-0.05, 0) is 25.8 Å². The second-order valence-corrected chi connectivity index (χ2v) is 8.12. The summed E-state index contributed by atoms with van der Waals surface area (Å²) in [5.41, 5.74) is -0.422. The van der Waals surface area contributed by atoms with Crippen LogP contribution in [0.15, 0.2) is 23.2 Å². The number of benzene rings is 1. The highest BCUT2D eigenvalue weighted by Crippen LogP contribution is 2.30. The molecular formula is C19H26ClFN4O3S. The molecule has 1 saturated carbocycles. The summed E-state index contributed by atoms with van der Waals surface area (Å²) in [4.78, 5) is 29.7. The van der Waals surface area contributed by atoms with Crippen LogP contribution in [-0.4, -0.2) is 45.3 Å². The molecule has 2 aliphatic rings. The van der Waals surface area contributed by atoms with Crippen LogP contribution in [0.2, 0.25) is 0 Å².